The number of nitrogens with zero attached hydrogens (tertiary/aromatic N) is 3. The molecule has 0 aliphatic heterocycles. The summed E-state index contributed by atoms with van der Waals surface area (Å²) in [5, 5.41) is 12.3. The quantitative estimate of drug-likeness (QED) is 0.858. The monoisotopic (exact) mass is 302 g/mol. The van der Waals surface area contributed by atoms with E-state index in [4.69, 9.17) is 16.9 Å². The second kappa shape index (κ2) is 5.66. The highest BCUT2D eigenvalue weighted by atomic mass is 35.5. The highest BCUT2D eigenvalue weighted by Gasteiger charge is 2.16. The number of rotatable bonds is 2. The van der Waals surface area contributed by atoms with Gasteiger partial charge >= 0.3 is 0 Å². The predicted octanol–water partition coefficient (Wildman–Crippen LogP) is 3.76. The number of hydrogen-bond acceptors (Lipinski definition) is 4. The maximum Gasteiger partial charge on any atom is 0.228 e. The lowest BCUT2D eigenvalue weighted by atomic mass is 9.97. The summed E-state index contributed by atoms with van der Waals surface area (Å²) in [6.07, 6.45) is 3.99. The van der Waals surface area contributed by atoms with Crippen LogP contribution in [0.3, 0.4) is 0 Å². The first kappa shape index (κ1) is 13.8. The summed E-state index contributed by atoms with van der Waals surface area (Å²) in [5.41, 5.74) is 2.51. The molecule has 1 aromatic carbocycles. The fraction of sp³-hybridized carbons (Fsp3) is 0.267. The highest BCUT2D eigenvalue weighted by Crippen LogP contribution is 2.27. The smallest absolute Gasteiger partial charge is 0.228 e. The van der Waals surface area contributed by atoms with Gasteiger partial charge in [0.05, 0.1) is 11.3 Å². The molecule has 0 saturated carbocycles. The van der Waals surface area contributed by atoms with Gasteiger partial charge in [0.15, 0.2) is 0 Å². The van der Waals surface area contributed by atoms with Crippen molar-refractivity contribution in [2.24, 2.45) is 0 Å². The van der Waals surface area contributed by atoms with Gasteiger partial charge in [0, 0.05) is 11.3 Å². The minimum atomic E-state index is -0.549. The van der Waals surface area contributed by atoms with Gasteiger partial charge in [0.1, 0.15) is 17.0 Å². The molecular formula is C15H12ClFN4. The van der Waals surface area contributed by atoms with Crippen molar-refractivity contribution >= 4 is 23.2 Å². The van der Waals surface area contributed by atoms with E-state index in [0.717, 1.165) is 36.9 Å². The Morgan fingerprint density at radius 3 is 2.86 bits per heavy atom. The third kappa shape index (κ3) is 2.81. The van der Waals surface area contributed by atoms with Gasteiger partial charge in [-0.25, -0.2) is 14.4 Å². The Morgan fingerprint density at radius 2 is 2.05 bits per heavy atom. The van der Waals surface area contributed by atoms with Gasteiger partial charge in [-0.05, 0) is 43.9 Å². The average Bonchev–Trinajstić information content (AvgIpc) is 2.49. The standard InChI is InChI=1S/C15H12ClFN4/c16-14-11-3-1-2-4-13(11)20-15(21-14)19-10-5-6-12(17)9(7-10)8-18/h5-7H,1-4H2,(H,19,20,21). The van der Waals surface area contributed by atoms with Crippen LogP contribution in [-0.2, 0) is 12.8 Å². The summed E-state index contributed by atoms with van der Waals surface area (Å²) < 4.78 is 13.3. The van der Waals surface area contributed by atoms with Crippen molar-refractivity contribution in [2.45, 2.75) is 25.7 Å². The van der Waals surface area contributed by atoms with Gasteiger partial charge in [0.2, 0.25) is 5.95 Å². The number of fused-ring (bicyclic) bond motifs is 1. The molecule has 4 nitrogen and oxygen atoms in total. The van der Waals surface area contributed by atoms with Crippen molar-refractivity contribution in [1.82, 2.24) is 9.97 Å². The van der Waals surface area contributed by atoms with Crippen LogP contribution in [-0.4, -0.2) is 9.97 Å². The van der Waals surface area contributed by atoms with E-state index in [1.54, 1.807) is 6.07 Å². The van der Waals surface area contributed by atoms with Crippen molar-refractivity contribution in [3.8, 4) is 6.07 Å². The molecule has 6 heteroatoms. The van der Waals surface area contributed by atoms with Crippen molar-refractivity contribution in [2.75, 3.05) is 5.32 Å². The summed E-state index contributed by atoms with van der Waals surface area (Å²) in [5.74, 6) is -0.177. The van der Waals surface area contributed by atoms with Gasteiger partial charge in [-0.15, -0.1) is 0 Å². The van der Waals surface area contributed by atoms with E-state index in [0.29, 0.717) is 16.8 Å². The molecule has 0 unspecified atom stereocenters. The van der Waals surface area contributed by atoms with Crippen LogP contribution in [0.1, 0.15) is 29.7 Å². The number of aromatic nitrogens is 2. The van der Waals surface area contributed by atoms with Gasteiger partial charge in [0.25, 0.3) is 0 Å². The summed E-state index contributed by atoms with van der Waals surface area (Å²) in [4.78, 5) is 8.69. The Hall–Kier alpha value is -2.19. The zero-order valence-electron chi connectivity index (χ0n) is 11.2. The largest absolute Gasteiger partial charge is 0.324 e. The molecule has 0 amide bonds. The molecule has 106 valence electrons. The van der Waals surface area contributed by atoms with E-state index >= 15 is 0 Å². The lowest BCUT2D eigenvalue weighted by Crippen LogP contribution is -2.10. The molecular weight excluding hydrogens is 291 g/mol. The lowest BCUT2D eigenvalue weighted by Gasteiger charge is -2.16. The van der Waals surface area contributed by atoms with Crippen molar-refractivity contribution in [3.05, 3.63) is 46.0 Å². The molecule has 21 heavy (non-hydrogen) atoms. The van der Waals surface area contributed by atoms with Gasteiger partial charge < -0.3 is 5.32 Å². The molecule has 0 saturated heterocycles. The van der Waals surface area contributed by atoms with Crippen LogP contribution in [0.15, 0.2) is 18.2 Å². The Labute approximate surface area is 126 Å². The molecule has 0 fully saturated rings. The molecule has 0 atom stereocenters. The van der Waals surface area contributed by atoms with Crippen LogP contribution in [0.4, 0.5) is 16.0 Å². The number of halogens is 2. The van der Waals surface area contributed by atoms with Crippen LogP contribution < -0.4 is 5.32 Å². The molecule has 1 aliphatic carbocycles. The summed E-state index contributed by atoms with van der Waals surface area (Å²) in [6.45, 7) is 0. The normalized spacial score (nSPS) is 13.4. The fourth-order valence-corrected chi connectivity index (χ4v) is 2.71. The molecule has 1 aliphatic rings. The van der Waals surface area contributed by atoms with Gasteiger partial charge in [-0.2, -0.15) is 5.26 Å². The molecule has 1 N–H and O–H groups in total. The predicted molar refractivity (Wildman–Crippen MR) is 78.1 cm³/mol. The summed E-state index contributed by atoms with van der Waals surface area (Å²) >= 11 is 6.19. The fourth-order valence-electron chi connectivity index (χ4n) is 2.42. The van der Waals surface area contributed by atoms with Crippen molar-refractivity contribution in [1.29, 1.82) is 5.26 Å². The third-order valence-corrected chi connectivity index (χ3v) is 3.79. The highest BCUT2D eigenvalue weighted by molar-refractivity contribution is 6.30. The number of benzene rings is 1. The molecule has 1 heterocycles. The molecule has 3 rings (SSSR count). The van der Waals surface area contributed by atoms with Gasteiger partial charge in [-0.1, -0.05) is 11.6 Å². The molecule has 2 aromatic rings. The van der Waals surface area contributed by atoms with Crippen LogP contribution in [0.25, 0.3) is 0 Å². The van der Waals surface area contributed by atoms with Crippen LogP contribution in [0, 0.1) is 17.1 Å². The van der Waals surface area contributed by atoms with E-state index in [2.05, 4.69) is 15.3 Å². The van der Waals surface area contributed by atoms with Crippen molar-refractivity contribution < 1.29 is 4.39 Å². The first-order valence-electron chi connectivity index (χ1n) is 6.69. The zero-order valence-corrected chi connectivity index (χ0v) is 11.9. The molecule has 0 radical (unpaired) electrons. The average molecular weight is 303 g/mol. The Balaban J connectivity index is 1.92. The number of nitriles is 1. The third-order valence-electron chi connectivity index (χ3n) is 3.48. The summed E-state index contributed by atoms with van der Waals surface area (Å²) in [6, 6.07) is 6.00. The van der Waals surface area contributed by atoms with Crippen molar-refractivity contribution in [3.63, 3.8) is 0 Å². The first-order valence-corrected chi connectivity index (χ1v) is 7.07. The minimum absolute atomic E-state index is 0.0240. The van der Waals surface area contributed by atoms with Crippen LogP contribution >= 0.6 is 11.6 Å². The Kier molecular flexibility index (Phi) is 3.72. The first-order chi connectivity index (χ1) is 10.2. The van der Waals surface area contributed by atoms with E-state index in [1.165, 1.54) is 18.2 Å². The number of hydrogen-bond donors (Lipinski definition) is 1. The molecule has 0 spiro atoms. The zero-order chi connectivity index (χ0) is 14.8. The maximum atomic E-state index is 13.3. The van der Waals surface area contributed by atoms with E-state index in [1.807, 2.05) is 0 Å². The number of aryl methyl sites for hydroxylation is 1. The van der Waals surface area contributed by atoms with Crippen LogP contribution in [0.2, 0.25) is 5.15 Å². The molecule has 0 bridgehead atoms. The Bertz CT molecular complexity index is 739. The number of anilines is 2. The maximum absolute atomic E-state index is 13.3. The Morgan fingerprint density at radius 1 is 1.24 bits per heavy atom. The van der Waals surface area contributed by atoms with E-state index in [9.17, 15) is 4.39 Å². The molecule has 1 aromatic heterocycles. The lowest BCUT2D eigenvalue weighted by molar-refractivity contribution is 0.624. The van der Waals surface area contributed by atoms with E-state index < -0.39 is 5.82 Å². The van der Waals surface area contributed by atoms with Gasteiger partial charge in [-0.3, -0.25) is 0 Å². The topological polar surface area (TPSA) is 61.6 Å². The summed E-state index contributed by atoms with van der Waals surface area (Å²) in [7, 11) is 0. The SMILES string of the molecule is N#Cc1cc(Nc2nc(Cl)c3c(n2)CCCC3)ccc1F. The van der Waals surface area contributed by atoms with E-state index in [-0.39, 0.29) is 5.56 Å². The second-order valence-corrected chi connectivity index (χ2v) is 5.26. The number of nitrogens with one attached hydrogen (secondary N) is 1. The second-order valence-electron chi connectivity index (χ2n) is 4.90. The minimum Gasteiger partial charge on any atom is -0.324 e. The van der Waals surface area contributed by atoms with Crippen LogP contribution in [0.5, 0.6) is 0 Å².